The maximum absolute atomic E-state index is 8.79. The maximum atomic E-state index is 8.79. The SMILES string of the molecule is C/C=C\C=C(/C)N=Nc1cc(C#N)c(C)s1. The summed E-state index contributed by atoms with van der Waals surface area (Å²) < 4.78 is 0. The second-order valence-electron chi connectivity index (χ2n) is 3.20. The first kappa shape index (κ1) is 12.3. The molecule has 0 aliphatic carbocycles. The van der Waals surface area contributed by atoms with Crippen LogP contribution in [0.25, 0.3) is 0 Å². The number of nitriles is 1. The molecule has 1 heterocycles. The number of rotatable bonds is 3. The molecule has 1 rings (SSSR count). The van der Waals surface area contributed by atoms with E-state index >= 15 is 0 Å². The van der Waals surface area contributed by atoms with Gasteiger partial charge in [0.15, 0.2) is 0 Å². The lowest BCUT2D eigenvalue weighted by molar-refractivity contribution is 1.14. The number of hydrogen-bond acceptors (Lipinski definition) is 4. The summed E-state index contributed by atoms with van der Waals surface area (Å²) in [5.41, 5.74) is 1.51. The van der Waals surface area contributed by atoms with Crippen LogP contribution in [0.2, 0.25) is 0 Å². The first-order valence-electron chi connectivity index (χ1n) is 4.89. The van der Waals surface area contributed by atoms with Gasteiger partial charge in [-0.05, 0) is 32.9 Å². The molecule has 0 aliphatic heterocycles. The van der Waals surface area contributed by atoms with E-state index in [1.807, 2.05) is 39.0 Å². The fourth-order valence-electron chi connectivity index (χ4n) is 1.02. The van der Waals surface area contributed by atoms with E-state index in [4.69, 9.17) is 5.26 Å². The van der Waals surface area contributed by atoms with Crippen LogP contribution in [0.5, 0.6) is 0 Å². The van der Waals surface area contributed by atoms with Crippen LogP contribution in [0.3, 0.4) is 0 Å². The van der Waals surface area contributed by atoms with E-state index in [1.165, 1.54) is 11.3 Å². The predicted octanol–water partition coefficient (Wildman–Crippen LogP) is 4.49. The van der Waals surface area contributed by atoms with Crippen molar-refractivity contribution in [2.75, 3.05) is 0 Å². The van der Waals surface area contributed by atoms with Gasteiger partial charge in [0, 0.05) is 4.88 Å². The summed E-state index contributed by atoms with van der Waals surface area (Å²) >= 11 is 1.48. The molecule has 0 aromatic carbocycles. The summed E-state index contributed by atoms with van der Waals surface area (Å²) in [6.07, 6.45) is 5.73. The van der Waals surface area contributed by atoms with E-state index in [9.17, 15) is 0 Å². The van der Waals surface area contributed by atoms with E-state index in [0.717, 1.165) is 15.6 Å². The van der Waals surface area contributed by atoms with Gasteiger partial charge in [-0.15, -0.1) is 16.5 Å². The van der Waals surface area contributed by atoms with Gasteiger partial charge in [-0.2, -0.15) is 10.4 Å². The average Bonchev–Trinajstić information content (AvgIpc) is 2.64. The molecule has 0 saturated heterocycles. The van der Waals surface area contributed by atoms with Gasteiger partial charge in [0.05, 0.1) is 11.3 Å². The average molecular weight is 231 g/mol. The third-order valence-electron chi connectivity index (χ3n) is 1.86. The molecule has 0 N–H and O–H groups in total. The van der Waals surface area contributed by atoms with Gasteiger partial charge < -0.3 is 0 Å². The minimum absolute atomic E-state index is 0.675. The Bertz CT molecular complexity index is 487. The third kappa shape index (κ3) is 3.44. The summed E-state index contributed by atoms with van der Waals surface area (Å²) in [5, 5.41) is 17.7. The van der Waals surface area contributed by atoms with Gasteiger partial charge in [0.1, 0.15) is 11.1 Å². The largest absolute Gasteiger partial charge is 0.192 e. The summed E-state index contributed by atoms with van der Waals surface area (Å²) in [6.45, 7) is 5.74. The third-order valence-corrected chi connectivity index (χ3v) is 2.80. The van der Waals surface area contributed by atoms with Crippen molar-refractivity contribution in [1.29, 1.82) is 5.26 Å². The maximum Gasteiger partial charge on any atom is 0.140 e. The monoisotopic (exact) mass is 231 g/mol. The summed E-state index contributed by atoms with van der Waals surface area (Å²) in [7, 11) is 0. The van der Waals surface area contributed by atoms with Crippen LogP contribution in [0.15, 0.2) is 40.2 Å². The number of hydrogen-bond donors (Lipinski definition) is 0. The van der Waals surface area contributed by atoms with E-state index in [-0.39, 0.29) is 0 Å². The molecule has 0 bridgehead atoms. The summed E-state index contributed by atoms with van der Waals surface area (Å²) in [5.74, 6) is 0. The highest BCUT2D eigenvalue weighted by Gasteiger charge is 2.03. The highest BCUT2D eigenvalue weighted by atomic mass is 32.1. The molecule has 0 saturated carbocycles. The fraction of sp³-hybridized carbons (Fsp3) is 0.250. The van der Waals surface area contributed by atoms with Crippen molar-refractivity contribution in [1.82, 2.24) is 0 Å². The Morgan fingerprint density at radius 2 is 2.31 bits per heavy atom. The Kier molecular flexibility index (Phi) is 4.62. The molecule has 0 amide bonds. The standard InChI is InChI=1S/C12H13N3S/c1-4-5-6-9(2)14-15-12-7-11(8-13)10(3)16-12/h4-7H,1-3H3/b5-4-,9-6+,15-14?. The molecule has 0 spiro atoms. The van der Waals surface area contributed by atoms with E-state index in [1.54, 1.807) is 6.07 Å². The van der Waals surface area contributed by atoms with Crippen LogP contribution in [0.1, 0.15) is 24.3 Å². The van der Waals surface area contributed by atoms with E-state index < -0.39 is 0 Å². The Balaban J connectivity index is 2.81. The Labute approximate surface area is 99.5 Å². The molecule has 3 nitrogen and oxygen atoms in total. The van der Waals surface area contributed by atoms with Gasteiger partial charge in [-0.3, -0.25) is 0 Å². The fourth-order valence-corrected chi connectivity index (χ4v) is 1.81. The first-order valence-corrected chi connectivity index (χ1v) is 5.71. The highest BCUT2D eigenvalue weighted by molar-refractivity contribution is 7.15. The molecule has 4 heteroatoms. The minimum atomic E-state index is 0.675. The normalized spacial score (nSPS) is 12.5. The van der Waals surface area contributed by atoms with E-state index in [0.29, 0.717) is 5.56 Å². The topological polar surface area (TPSA) is 48.5 Å². The van der Waals surface area contributed by atoms with E-state index in [2.05, 4.69) is 16.3 Å². The molecular weight excluding hydrogens is 218 g/mol. The molecule has 0 fully saturated rings. The lowest BCUT2D eigenvalue weighted by atomic mass is 10.3. The van der Waals surface area contributed by atoms with Crippen LogP contribution in [-0.4, -0.2) is 0 Å². The molecule has 0 unspecified atom stereocenters. The van der Waals surface area contributed by atoms with Crippen LogP contribution in [0.4, 0.5) is 5.00 Å². The van der Waals surface area contributed by atoms with Gasteiger partial charge in [0.25, 0.3) is 0 Å². The van der Waals surface area contributed by atoms with Crippen molar-refractivity contribution >= 4 is 16.3 Å². The first-order chi connectivity index (χ1) is 7.67. The zero-order valence-electron chi connectivity index (χ0n) is 9.56. The van der Waals surface area contributed by atoms with Crippen molar-refractivity contribution in [2.45, 2.75) is 20.8 Å². The Morgan fingerprint density at radius 3 is 2.88 bits per heavy atom. The molecule has 0 aliphatic rings. The summed E-state index contributed by atoms with van der Waals surface area (Å²) in [4.78, 5) is 0.978. The molecular formula is C12H13N3S. The van der Waals surface area contributed by atoms with Crippen molar-refractivity contribution < 1.29 is 0 Å². The zero-order valence-corrected chi connectivity index (χ0v) is 10.4. The van der Waals surface area contributed by atoms with Crippen molar-refractivity contribution in [3.63, 3.8) is 0 Å². The van der Waals surface area contributed by atoms with Gasteiger partial charge >= 0.3 is 0 Å². The highest BCUT2D eigenvalue weighted by Crippen LogP contribution is 2.28. The Hall–Kier alpha value is -1.73. The van der Waals surface area contributed by atoms with Crippen molar-refractivity contribution in [2.24, 2.45) is 10.2 Å². The second-order valence-corrected chi connectivity index (χ2v) is 4.43. The van der Waals surface area contributed by atoms with Gasteiger partial charge in [-0.1, -0.05) is 12.2 Å². The predicted molar refractivity (Wildman–Crippen MR) is 66.9 cm³/mol. The second kappa shape index (κ2) is 5.99. The smallest absolute Gasteiger partial charge is 0.140 e. The quantitative estimate of drug-likeness (QED) is 0.558. The number of allylic oxidation sites excluding steroid dienone is 4. The molecule has 0 atom stereocenters. The molecule has 16 heavy (non-hydrogen) atoms. The summed E-state index contributed by atoms with van der Waals surface area (Å²) in [6, 6.07) is 3.88. The Morgan fingerprint density at radius 1 is 1.56 bits per heavy atom. The molecule has 1 aromatic rings. The molecule has 0 radical (unpaired) electrons. The lowest BCUT2D eigenvalue weighted by Gasteiger charge is -1.86. The number of thiophene rings is 1. The molecule has 1 aromatic heterocycles. The van der Waals surface area contributed by atoms with Crippen LogP contribution in [-0.2, 0) is 0 Å². The van der Waals surface area contributed by atoms with Crippen LogP contribution in [0, 0.1) is 18.3 Å². The zero-order chi connectivity index (χ0) is 12.0. The van der Waals surface area contributed by atoms with Crippen LogP contribution < -0.4 is 0 Å². The number of aryl methyl sites for hydroxylation is 1. The van der Waals surface area contributed by atoms with Crippen molar-refractivity contribution in [3.8, 4) is 6.07 Å². The van der Waals surface area contributed by atoms with Crippen LogP contribution >= 0.6 is 11.3 Å². The molecule has 82 valence electrons. The minimum Gasteiger partial charge on any atom is -0.192 e. The number of azo groups is 1. The van der Waals surface area contributed by atoms with Gasteiger partial charge in [0.2, 0.25) is 0 Å². The van der Waals surface area contributed by atoms with Crippen molar-refractivity contribution in [3.05, 3.63) is 40.4 Å². The van der Waals surface area contributed by atoms with Gasteiger partial charge in [-0.25, -0.2) is 0 Å². The lowest BCUT2D eigenvalue weighted by Crippen LogP contribution is -1.66. The number of nitrogens with zero attached hydrogens (tertiary/aromatic N) is 3.